The zero-order chi connectivity index (χ0) is 13.8. The van der Waals surface area contributed by atoms with Crippen molar-refractivity contribution < 1.29 is 4.21 Å². The third kappa shape index (κ3) is 3.54. The van der Waals surface area contributed by atoms with Gasteiger partial charge in [-0.05, 0) is 25.0 Å². The Morgan fingerprint density at radius 2 is 2.26 bits per heavy atom. The predicted molar refractivity (Wildman–Crippen MR) is 80.2 cm³/mol. The maximum Gasteiger partial charge on any atom is 0.160 e. The topological polar surface area (TPSA) is 47.8 Å². The van der Waals surface area contributed by atoms with Gasteiger partial charge >= 0.3 is 0 Å². The Bertz CT molecular complexity index is 597. The summed E-state index contributed by atoms with van der Waals surface area (Å²) in [5.74, 6) is 2.21. The molecule has 2 heterocycles. The van der Waals surface area contributed by atoms with Crippen molar-refractivity contribution >= 4 is 33.6 Å². The van der Waals surface area contributed by atoms with Crippen molar-refractivity contribution in [2.45, 2.75) is 26.3 Å². The summed E-state index contributed by atoms with van der Waals surface area (Å²) in [5, 5.41) is 0. The summed E-state index contributed by atoms with van der Waals surface area (Å²) < 4.78 is 13.2. The summed E-state index contributed by atoms with van der Waals surface area (Å²) in [6.07, 6.45) is 5.17. The molecule has 1 atom stereocenters. The van der Waals surface area contributed by atoms with E-state index in [9.17, 15) is 4.21 Å². The van der Waals surface area contributed by atoms with E-state index in [1.54, 1.807) is 6.26 Å². The number of alkyl halides is 1. The fourth-order valence-electron chi connectivity index (χ4n) is 2.09. The maximum absolute atomic E-state index is 11.1. The van der Waals surface area contributed by atoms with E-state index in [0.29, 0.717) is 11.6 Å². The monoisotopic (exact) mass is 299 g/mol. The Morgan fingerprint density at radius 3 is 2.95 bits per heavy atom. The Balaban J connectivity index is 2.31. The standard InChI is InChI=1S/C13H18ClN3OS/c1-10-8-11-13(15-9-10)17(6-3-7-19(2)18)12(16-11)4-5-14/h8-9H,3-7H2,1-2H3. The zero-order valence-electron chi connectivity index (χ0n) is 11.2. The van der Waals surface area contributed by atoms with Gasteiger partial charge in [0, 0.05) is 47.9 Å². The van der Waals surface area contributed by atoms with Crippen molar-refractivity contribution in [2.75, 3.05) is 17.9 Å². The van der Waals surface area contributed by atoms with Crippen molar-refractivity contribution in [2.24, 2.45) is 0 Å². The van der Waals surface area contributed by atoms with Gasteiger partial charge in [0.1, 0.15) is 11.3 Å². The van der Waals surface area contributed by atoms with Gasteiger partial charge in [-0.1, -0.05) is 0 Å². The van der Waals surface area contributed by atoms with E-state index < -0.39 is 10.8 Å². The van der Waals surface area contributed by atoms with Crippen LogP contribution in [0.3, 0.4) is 0 Å². The lowest BCUT2D eigenvalue weighted by molar-refractivity contribution is 0.647. The van der Waals surface area contributed by atoms with Crippen LogP contribution < -0.4 is 0 Å². The van der Waals surface area contributed by atoms with Crippen molar-refractivity contribution in [3.8, 4) is 0 Å². The smallest absolute Gasteiger partial charge is 0.160 e. The Kier molecular flexibility index (Phi) is 4.93. The highest BCUT2D eigenvalue weighted by atomic mass is 35.5. The number of aromatic nitrogens is 3. The van der Waals surface area contributed by atoms with Gasteiger partial charge in [-0.2, -0.15) is 0 Å². The molecule has 0 amide bonds. The molecule has 0 bridgehead atoms. The van der Waals surface area contributed by atoms with Crippen LogP contribution >= 0.6 is 11.6 Å². The van der Waals surface area contributed by atoms with Gasteiger partial charge in [0.05, 0.1) is 0 Å². The van der Waals surface area contributed by atoms with Crippen LogP contribution in [0.5, 0.6) is 0 Å². The third-order valence-corrected chi connectivity index (χ3v) is 3.98. The molecule has 0 aliphatic rings. The minimum atomic E-state index is -0.755. The molecule has 2 rings (SSSR count). The van der Waals surface area contributed by atoms with E-state index >= 15 is 0 Å². The van der Waals surface area contributed by atoms with Crippen LogP contribution in [0.15, 0.2) is 12.3 Å². The van der Waals surface area contributed by atoms with E-state index in [1.165, 1.54) is 0 Å². The van der Waals surface area contributed by atoms with Gasteiger partial charge in [-0.25, -0.2) is 9.97 Å². The number of aryl methyl sites for hydroxylation is 3. The van der Waals surface area contributed by atoms with E-state index in [4.69, 9.17) is 11.6 Å². The summed E-state index contributed by atoms with van der Waals surface area (Å²) in [4.78, 5) is 9.06. The molecule has 0 radical (unpaired) electrons. The molecule has 4 nitrogen and oxygen atoms in total. The second kappa shape index (κ2) is 6.48. The van der Waals surface area contributed by atoms with Gasteiger partial charge in [0.25, 0.3) is 0 Å². The summed E-state index contributed by atoms with van der Waals surface area (Å²) >= 11 is 5.83. The molecule has 0 saturated carbocycles. The van der Waals surface area contributed by atoms with E-state index in [-0.39, 0.29) is 0 Å². The molecule has 2 aromatic rings. The Morgan fingerprint density at radius 1 is 1.47 bits per heavy atom. The quantitative estimate of drug-likeness (QED) is 0.769. The third-order valence-electron chi connectivity index (χ3n) is 2.93. The van der Waals surface area contributed by atoms with Crippen LogP contribution in [0, 0.1) is 6.92 Å². The SMILES string of the molecule is Cc1cnc2c(c1)nc(CCCl)n2CCCS(C)=O. The molecule has 0 aromatic carbocycles. The number of imidazole rings is 1. The number of nitrogens with zero attached hydrogens (tertiary/aromatic N) is 3. The summed E-state index contributed by atoms with van der Waals surface area (Å²) in [6.45, 7) is 2.80. The largest absolute Gasteiger partial charge is 0.313 e. The molecule has 2 aromatic heterocycles. The highest BCUT2D eigenvalue weighted by Crippen LogP contribution is 2.16. The molecule has 0 aliphatic carbocycles. The van der Waals surface area contributed by atoms with E-state index in [2.05, 4.69) is 14.5 Å². The average Bonchev–Trinajstić information content (AvgIpc) is 2.66. The second-order valence-electron chi connectivity index (χ2n) is 4.60. The number of fused-ring (bicyclic) bond motifs is 1. The minimum Gasteiger partial charge on any atom is -0.313 e. The van der Waals surface area contributed by atoms with Crippen LogP contribution in [0.2, 0.25) is 0 Å². The molecule has 104 valence electrons. The van der Waals surface area contributed by atoms with Crippen LogP contribution in [0.25, 0.3) is 11.2 Å². The first-order valence-corrected chi connectivity index (χ1v) is 8.55. The van der Waals surface area contributed by atoms with Gasteiger partial charge in [0.15, 0.2) is 5.65 Å². The van der Waals surface area contributed by atoms with Gasteiger partial charge in [-0.15, -0.1) is 11.6 Å². The minimum absolute atomic E-state index is 0.544. The zero-order valence-corrected chi connectivity index (χ0v) is 12.8. The van der Waals surface area contributed by atoms with Gasteiger partial charge in [0.2, 0.25) is 0 Å². The first-order valence-electron chi connectivity index (χ1n) is 6.29. The summed E-state index contributed by atoms with van der Waals surface area (Å²) in [5.41, 5.74) is 2.91. The molecule has 0 fully saturated rings. The van der Waals surface area contributed by atoms with Crippen LogP contribution in [0.4, 0.5) is 0 Å². The van der Waals surface area contributed by atoms with E-state index in [0.717, 1.165) is 41.9 Å². The maximum atomic E-state index is 11.1. The highest BCUT2D eigenvalue weighted by Gasteiger charge is 2.11. The van der Waals surface area contributed by atoms with Crippen LogP contribution in [-0.2, 0) is 23.8 Å². The molecular formula is C13H18ClN3OS. The summed E-state index contributed by atoms with van der Waals surface area (Å²) in [6, 6.07) is 2.04. The number of rotatable bonds is 6. The highest BCUT2D eigenvalue weighted by molar-refractivity contribution is 7.84. The molecule has 0 N–H and O–H groups in total. The van der Waals surface area contributed by atoms with Crippen LogP contribution in [-0.4, -0.2) is 36.6 Å². The number of halogens is 1. The lowest BCUT2D eigenvalue weighted by atomic mass is 10.3. The van der Waals surface area contributed by atoms with Crippen molar-refractivity contribution in [1.82, 2.24) is 14.5 Å². The molecule has 0 aliphatic heterocycles. The van der Waals surface area contributed by atoms with Crippen molar-refractivity contribution in [3.63, 3.8) is 0 Å². The number of pyridine rings is 1. The normalized spacial score (nSPS) is 13.0. The van der Waals surface area contributed by atoms with E-state index in [1.807, 2.05) is 19.2 Å². The molecule has 6 heteroatoms. The molecule has 1 unspecified atom stereocenters. The van der Waals surface area contributed by atoms with Gasteiger partial charge in [-0.3, -0.25) is 4.21 Å². The average molecular weight is 300 g/mol. The molecular weight excluding hydrogens is 282 g/mol. The fraction of sp³-hybridized carbons (Fsp3) is 0.538. The first-order chi connectivity index (χ1) is 9.11. The van der Waals surface area contributed by atoms with Crippen molar-refractivity contribution in [1.29, 1.82) is 0 Å². The van der Waals surface area contributed by atoms with Crippen LogP contribution in [0.1, 0.15) is 17.8 Å². The lowest BCUT2D eigenvalue weighted by Gasteiger charge is -2.07. The first kappa shape index (κ1) is 14.5. The van der Waals surface area contributed by atoms with Crippen molar-refractivity contribution in [3.05, 3.63) is 23.7 Å². The second-order valence-corrected chi connectivity index (χ2v) is 6.54. The van der Waals surface area contributed by atoms with Gasteiger partial charge < -0.3 is 4.57 Å². The Labute approximate surface area is 120 Å². The fourth-order valence-corrected chi connectivity index (χ4v) is 2.80. The molecule has 19 heavy (non-hydrogen) atoms. The number of hydrogen-bond acceptors (Lipinski definition) is 3. The number of hydrogen-bond donors (Lipinski definition) is 0. The summed E-state index contributed by atoms with van der Waals surface area (Å²) in [7, 11) is -0.755. The molecule has 0 spiro atoms. The predicted octanol–water partition coefficient (Wildman–Crippen LogP) is 2.29. The Hall–Kier alpha value is -0.940. The molecule has 0 saturated heterocycles. The lowest BCUT2D eigenvalue weighted by Crippen LogP contribution is -2.08.